The molecule has 124 valence electrons. The van der Waals surface area contributed by atoms with E-state index in [1.165, 1.54) is 6.92 Å². The minimum atomic E-state index is -4.42. The minimum Gasteiger partial charge on any atom is -0.376 e. The van der Waals surface area contributed by atoms with Crippen molar-refractivity contribution in [1.82, 2.24) is 14.8 Å². The van der Waals surface area contributed by atoms with Crippen LogP contribution in [0.1, 0.15) is 18.5 Å². The topological polar surface area (TPSA) is 94.0 Å². The van der Waals surface area contributed by atoms with Crippen LogP contribution in [0.25, 0.3) is 0 Å². The summed E-state index contributed by atoms with van der Waals surface area (Å²) < 4.78 is 43.0. The van der Waals surface area contributed by atoms with E-state index in [9.17, 15) is 23.1 Å². The van der Waals surface area contributed by atoms with Crippen molar-refractivity contribution in [2.24, 2.45) is 5.73 Å². The van der Waals surface area contributed by atoms with Gasteiger partial charge in [-0.15, -0.1) is 0 Å². The van der Waals surface area contributed by atoms with Crippen LogP contribution in [0.4, 0.5) is 13.2 Å². The normalized spacial score (nSPS) is 15.9. The molecule has 0 radical (unpaired) electrons. The van der Waals surface area contributed by atoms with Gasteiger partial charge in [0.15, 0.2) is 5.60 Å². The van der Waals surface area contributed by atoms with Gasteiger partial charge in [-0.05, 0) is 19.1 Å². The number of carbonyl (C=O) groups excluding carboxylic acids is 1. The quantitative estimate of drug-likeness (QED) is 0.859. The highest BCUT2D eigenvalue weighted by Crippen LogP contribution is 2.47. The summed E-state index contributed by atoms with van der Waals surface area (Å²) in [6.45, 7) is 1.17. The molecule has 0 spiro atoms. The Morgan fingerprint density at radius 2 is 2.13 bits per heavy atom. The number of benzene rings is 1. The molecule has 0 saturated heterocycles. The Morgan fingerprint density at radius 3 is 2.61 bits per heavy atom. The van der Waals surface area contributed by atoms with E-state index in [4.69, 9.17) is 17.3 Å². The number of carbonyl (C=O) groups is 1. The molecule has 2 unspecified atom stereocenters. The maximum Gasteiger partial charge on any atom is 0.358 e. The molecule has 1 amide bonds. The van der Waals surface area contributed by atoms with Crippen molar-refractivity contribution >= 4 is 17.5 Å². The largest absolute Gasteiger partial charge is 0.376 e. The van der Waals surface area contributed by atoms with Gasteiger partial charge in [-0.2, -0.15) is 13.9 Å². The summed E-state index contributed by atoms with van der Waals surface area (Å²) in [6, 6.07) is 0.946. The molecular weight excluding hydrogens is 337 g/mol. The van der Waals surface area contributed by atoms with Gasteiger partial charge in [-0.25, -0.2) is 14.1 Å². The van der Waals surface area contributed by atoms with Crippen molar-refractivity contribution < 1.29 is 23.1 Å². The number of alkyl halides is 2. The van der Waals surface area contributed by atoms with Crippen LogP contribution in [-0.4, -0.2) is 31.7 Å². The van der Waals surface area contributed by atoms with Crippen LogP contribution in [0.5, 0.6) is 0 Å². The fraction of sp³-hybridized carbons (Fsp3) is 0.308. The first-order valence-electron chi connectivity index (χ1n) is 6.32. The number of nitrogens with zero attached hydrogens (tertiary/aromatic N) is 3. The van der Waals surface area contributed by atoms with Crippen molar-refractivity contribution in [3.05, 3.63) is 47.3 Å². The predicted octanol–water partition coefficient (Wildman–Crippen LogP) is 1.64. The van der Waals surface area contributed by atoms with Gasteiger partial charge >= 0.3 is 5.92 Å². The lowest BCUT2D eigenvalue weighted by Crippen LogP contribution is -2.57. The monoisotopic (exact) mass is 348 g/mol. The second-order valence-corrected chi connectivity index (χ2v) is 5.29. The molecular formula is C13H12ClF3N4O2. The summed E-state index contributed by atoms with van der Waals surface area (Å²) >= 11 is 5.80. The van der Waals surface area contributed by atoms with Crippen LogP contribution in [0.15, 0.2) is 30.9 Å². The van der Waals surface area contributed by atoms with Gasteiger partial charge in [0, 0.05) is 10.6 Å². The molecule has 0 aliphatic carbocycles. The van der Waals surface area contributed by atoms with Gasteiger partial charge in [0.2, 0.25) is 0 Å². The van der Waals surface area contributed by atoms with Gasteiger partial charge in [-0.1, -0.05) is 17.7 Å². The number of hydrogen-bond acceptors (Lipinski definition) is 4. The third-order valence-electron chi connectivity index (χ3n) is 3.57. The Bertz CT molecular complexity index is 726. The van der Waals surface area contributed by atoms with Gasteiger partial charge in [0.25, 0.3) is 5.91 Å². The first-order valence-corrected chi connectivity index (χ1v) is 6.70. The molecule has 10 heteroatoms. The average Bonchev–Trinajstić information content (AvgIpc) is 2.99. The van der Waals surface area contributed by atoms with E-state index >= 15 is 0 Å². The van der Waals surface area contributed by atoms with Gasteiger partial charge in [0.1, 0.15) is 18.5 Å². The van der Waals surface area contributed by atoms with E-state index in [1.807, 2.05) is 0 Å². The minimum absolute atomic E-state index is 0.486. The highest BCUT2D eigenvalue weighted by atomic mass is 35.5. The van der Waals surface area contributed by atoms with E-state index in [2.05, 4.69) is 10.1 Å². The van der Waals surface area contributed by atoms with E-state index in [0.717, 1.165) is 35.5 Å². The van der Waals surface area contributed by atoms with Crippen molar-refractivity contribution in [3.63, 3.8) is 0 Å². The van der Waals surface area contributed by atoms with E-state index < -0.39 is 39.9 Å². The first kappa shape index (κ1) is 17.2. The number of primary amides is 1. The maximum absolute atomic E-state index is 14.5. The Balaban J connectivity index is 2.72. The maximum atomic E-state index is 14.5. The zero-order valence-electron chi connectivity index (χ0n) is 11.8. The summed E-state index contributed by atoms with van der Waals surface area (Å²) in [5, 5.41) is 13.9. The van der Waals surface area contributed by atoms with Crippen LogP contribution in [-0.2, 0) is 10.4 Å². The molecule has 2 atom stereocenters. The highest BCUT2D eigenvalue weighted by molar-refractivity contribution is 6.31. The fourth-order valence-corrected chi connectivity index (χ4v) is 2.56. The summed E-state index contributed by atoms with van der Waals surface area (Å²) in [5.74, 6) is -7.27. The van der Waals surface area contributed by atoms with E-state index in [-0.39, 0.29) is 0 Å². The number of nitrogens with two attached hydrogens (primary N) is 1. The third kappa shape index (κ3) is 2.66. The standard InChI is InChI=1S/C13H12ClF3N4O2/c1-7(21-6-19-5-20-21)12(23,13(16,17)11(18)22)9-3-2-8(15)4-10(9)14/h2-7,23H,1H3,(H2,18,22). The summed E-state index contributed by atoms with van der Waals surface area (Å²) in [7, 11) is 0. The number of halogens is 4. The van der Waals surface area contributed by atoms with E-state index in [0.29, 0.717) is 0 Å². The van der Waals surface area contributed by atoms with Gasteiger partial charge in [0.05, 0.1) is 6.04 Å². The molecule has 0 aliphatic heterocycles. The number of rotatable bonds is 5. The predicted molar refractivity (Wildman–Crippen MR) is 74.2 cm³/mol. The molecule has 0 aliphatic rings. The van der Waals surface area contributed by atoms with Crippen molar-refractivity contribution in [1.29, 1.82) is 0 Å². The van der Waals surface area contributed by atoms with Crippen LogP contribution in [0.2, 0.25) is 5.02 Å². The van der Waals surface area contributed by atoms with Crippen molar-refractivity contribution in [2.45, 2.75) is 24.5 Å². The van der Waals surface area contributed by atoms with Crippen LogP contribution >= 0.6 is 11.6 Å². The average molecular weight is 349 g/mol. The van der Waals surface area contributed by atoms with E-state index in [1.54, 1.807) is 0 Å². The molecule has 23 heavy (non-hydrogen) atoms. The molecule has 2 rings (SSSR count). The van der Waals surface area contributed by atoms with Crippen LogP contribution < -0.4 is 5.73 Å². The highest BCUT2D eigenvalue weighted by Gasteiger charge is 2.63. The molecule has 3 N–H and O–H groups in total. The molecule has 1 aromatic carbocycles. The fourth-order valence-electron chi connectivity index (χ4n) is 2.25. The van der Waals surface area contributed by atoms with Crippen LogP contribution in [0.3, 0.4) is 0 Å². The number of aliphatic hydroxyl groups is 1. The first-order chi connectivity index (χ1) is 10.6. The lowest BCUT2D eigenvalue weighted by Gasteiger charge is -2.39. The third-order valence-corrected chi connectivity index (χ3v) is 3.88. The molecule has 0 bridgehead atoms. The lowest BCUT2D eigenvalue weighted by atomic mass is 9.80. The Labute approximate surface area is 133 Å². The summed E-state index contributed by atoms with van der Waals surface area (Å²) in [6.07, 6.45) is 2.13. The van der Waals surface area contributed by atoms with Gasteiger partial charge < -0.3 is 10.8 Å². The van der Waals surface area contributed by atoms with Crippen molar-refractivity contribution in [2.75, 3.05) is 0 Å². The SMILES string of the molecule is CC(n1cncn1)C(O)(c1ccc(F)cc1Cl)C(F)(F)C(N)=O. The van der Waals surface area contributed by atoms with Crippen LogP contribution in [0, 0.1) is 5.82 Å². The molecule has 1 aromatic heterocycles. The Kier molecular flexibility index (Phi) is 4.36. The molecule has 0 saturated carbocycles. The smallest absolute Gasteiger partial charge is 0.358 e. The molecule has 2 aromatic rings. The van der Waals surface area contributed by atoms with Gasteiger partial charge in [-0.3, -0.25) is 4.79 Å². The molecule has 0 fully saturated rings. The second kappa shape index (κ2) is 5.82. The second-order valence-electron chi connectivity index (χ2n) is 4.88. The molecule has 6 nitrogen and oxygen atoms in total. The summed E-state index contributed by atoms with van der Waals surface area (Å²) in [5.41, 5.74) is 1.02. The summed E-state index contributed by atoms with van der Waals surface area (Å²) in [4.78, 5) is 14.8. The zero-order chi connectivity index (χ0) is 17.4. The Morgan fingerprint density at radius 1 is 1.48 bits per heavy atom. The number of amides is 1. The lowest BCUT2D eigenvalue weighted by molar-refractivity contribution is -0.209. The molecule has 1 heterocycles. The number of aromatic nitrogens is 3. The zero-order valence-corrected chi connectivity index (χ0v) is 12.5. The number of hydrogen-bond donors (Lipinski definition) is 2. The van der Waals surface area contributed by atoms with Crippen molar-refractivity contribution in [3.8, 4) is 0 Å². The Hall–Kier alpha value is -2.13.